The fourth-order valence-corrected chi connectivity index (χ4v) is 4.81. The maximum atomic E-state index is 5.95. The summed E-state index contributed by atoms with van der Waals surface area (Å²) in [5, 5.41) is 0. The molecule has 0 heterocycles. The molecule has 0 spiro atoms. The second kappa shape index (κ2) is 8.28. The van der Waals surface area contributed by atoms with Gasteiger partial charge in [-0.3, -0.25) is 4.58 Å². The highest BCUT2D eigenvalue weighted by Gasteiger charge is 2.31. The van der Waals surface area contributed by atoms with Crippen LogP contribution in [0.15, 0.2) is 0 Å². The first-order chi connectivity index (χ1) is 8.26. The van der Waals surface area contributed by atoms with Gasteiger partial charge in [-0.2, -0.15) is 0 Å². The Morgan fingerprint density at radius 2 is 1.29 bits per heavy atom. The first kappa shape index (κ1) is 15.2. The molecule has 0 radical (unpaired) electrons. The van der Waals surface area contributed by atoms with Crippen molar-refractivity contribution in [3.63, 3.8) is 0 Å². The standard InChI is InChI=1S/C14H30O2Si/c1-4-17(5-2,6-3)16-15-14-12-10-8-7-9-11-13-14/h14H,4-13H2,1-3H3. The molecule has 1 aliphatic rings. The fraction of sp³-hybridized carbons (Fsp3) is 1.00. The molecule has 0 unspecified atom stereocenters. The van der Waals surface area contributed by atoms with Crippen molar-refractivity contribution in [2.75, 3.05) is 0 Å². The van der Waals surface area contributed by atoms with Crippen LogP contribution in [0.25, 0.3) is 0 Å². The van der Waals surface area contributed by atoms with E-state index < -0.39 is 8.32 Å². The molecule has 0 saturated heterocycles. The third-order valence-electron chi connectivity index (χ3n) is 4.35. The topological polar surface area (TPSA) is 18.5 Å². The number of hydrogen-bond donors (Lipinski definition) is 0. The minimum atomic E-state index is -1.55. The second-order valence-corrected chi connectivity index (χ2v) is 10.0. The maximum absolute atomic E-state index is 5.95. The Labute approximate surface area is 108 Å². The summed E-state index contributed by atoms with van der Waals surface area (Å²) in [5.41, 5.74) is 0. The van der Waals surface area contributed by atoms with Crippen molar-refractivity contribution in [2.24, 2.45) is 0 Å². The van der Waals surface area contributed by atoms with Gasteiger partial charge in [-0.25, -0.2) is 4.89 Å². The molecule has 0 N–H and O–H groups in total. The van der Waals surface area contributed by atoms with E-state index in [4.69, 9.17) is 9.46 Å². The fourth-order valence-electron chi connectivity index (χ4n) is 2.61. The minimum absolute atomic E-state index is 0.367. The van der Waals surface area contributed by atoms with Gasteiger partial charge in [-0.15, -0.1) is 0 Å². The summed E-state index contributed by atoms with van der Waals surface area (Å²) in [5.74, 6) is 0. The van der Waals surface area contributed by atoms with E-state index in [0.717, 1.165) is 0 Å². The van der Waals surface area contributed by atoms with Gasteiger partial charge in [-0.05, 0) is 31.0 Å². The summed E-state index contributed by atoms with van der Waals surface area (Å²) in [6.07, 6.45) is 9.54. The van der Waals surface area contributed by atoms with Crippen LogP contribution in [0, 0.1) is 0 Å². The molecule has 102 valence electrons. The number of hydrogen-bond acceptors (Lipinski definition) is 2. The molecule has 2 nitrogen and oxygen atoms in total. The molecule has 0 aromatic heterocycles. The second-order valence-electron chi connectivity index (χ2n) is 5.39. The lowest BCUT2D eigenvalue weighted by atomic mass is 9.99. The van der Waals surface area contributed by atoms with Crippen molar-refractivity contribution >= 4 is 8.32 Å². The van der Waals surface area contributed by atoms with Gasteiger partial charge in [0.15, 0.2) is 0 Å². The molecule has 3 heteroatoms. The third-order valence-corrected chi connectivity index (χ3v) is 8.66. The minimum Gasteiger partial charge on any atom is -0.286 e. The third kappa shape index (κ3) is 5.10. The van der Waals surface area contributed by atoms with Crippen molar-refractivity contribution in [1.82, 2.24) is 0 Å². The summed E-state index contributed by atoms with van der Waals surface area (Å²) in [6, 6.07) is 3.52. The lowest BCUT2D eigenvalue weighted by Gasteiger charge is -2.29. The largest absolute Gasteiger partial charge is 0.286 e. The highest BCUT2D eigenvalue weighted by Crippen LogP contribution is 2.25. The molecule has 0 aliphatic heterocycles. The van der Waals surface area contributed by atoms with Gasteiger partial charge in [0.25, 0.3) is 0 Å². The normalized spacial score (nSPS) is 19.9. The summed E-state index contributed by atoms with van der Waals surface area (Å²) in [6.45, 7) is 6.75. The van der Waals surface area contributed by atoms with Crippen molar-refractivity contribution < 1.29 is 9.46 Å². The smallest absolute Gasteiger partial charge is 0.238 e. The SMILES string of the molecule is CC[Si](CC)(CC)OOC1CCCCCCC1. The predicted molar refractivity (Wildman–Crippen MR) is 75.5 cm³/mol. The van der Waals surface area contributed by atoms with Crippen LogP contribution < -0.4 is 0 Å². The van der Waals surface area contributed by atoms with Crippen molar-refractivity contribution in [1.29, 1.82) is 0 Å². The zero-order valence-corrected chi connectivity index (χ0v) is 13.0. The Morgan fingerprint density at radius 1 is 0.824 bits per heavy atom. The first-order valence-electron chi connectivity index (χ1n) is 7.60. The monoisotopic (exact) mass is 258 g/mol. The average molecular weight is 258 g/mol. The zero-order valence-electron chi connectivity index (χ0n) is 12.0. The van der Waals surface area contributed by atoms with E-state index >= 15 is 0 Å². The molecule has 1 saturated carbocycles. The Hall–Kier alpha value is 0.137. The summed E-state index contributed by atoms with van der Waals surface area (Å²) >= 11 is 0. The highest BCUT2D eigenvalue weighted by atomic mass is 28.4. The lowest BCUT2D eigenvalue weighted by Crippen LogP contribution is -2.37. The molecule has 0 atom stereocenters. The Bertz CT molecular complexity index is 176. The van der Waals surface area contributed by atoms with Gasteiger partial charge in [0.1, 0.15) is 0 Å². The number of rotatable bonds is 6. The van der Waals surface area contributed by atoms with Gasteiger partial charge < -0.3 is 0 Å². The molecule has 1 aliphatic carbocycles. The Morgan fingerprint density at radius 3 is 1.76 bits per heavy atom. The molecule has 0 bridgehead atoms. The van der Waals surface area contributed by atoms with Crippen LogP contribution >= 0.6 is 0 Å². The van der Waals surface area contributed by atoms with Crippen molar-refractivity contribution in [2.45, 2.75) is 90.0 Å². The van der Waals surface area contributed by atoms with Crippen molar-refractivity contribution in [3.05, 3.63) is 0 Å². The summed E-state index contributed by atoms with van der Waals surface area (Å²) in [4.78, 5) is 5.82. The van der Waals surface area contributed by atoms with Gasteiger partial charge in [0, 0.05) is 0 Å². The van der Waals surface area contributed by atoms with Crippen molar-refractivity contribution in [3.8, 4) is 0 Å². The van der Waals surface area contributed by atoms with E-state index in [0.29, 0.717) is 6.10 Å². The van der Waals surface area contributed by atoms with Crippen LogP contribution in [0.2, 0.25) is 18.1 Å². The highest BCUT2D eigenvalue weighted by molar-refractivity contribution is 6.73. The molecule has 0 aromatic rings. The quantitative estimate of drug-likeness (QED) is 0.377. The average Bonchev–Trinajstić information content (AvgIpc) is 2.33. The van der Waals surface area contributed by atoms with Crippen LogP contribution in [-0.2, 0) is 9.46 Å². The van der Waals surface area contributed by atoms with Crippen LogP contribution in [0.3, 0.4) is 0 Å². The molecular weight excluding hydrogens is 228 g/mol. The van der Waals surface area contributed by atoms with E-state index in [1.165, 1.54) is 63.1 Å². The van der Waals surface area contributed by atoms with Crippen LogP contribution in [0.4, 0.5) is 0 Å². The summed E-state index contributed by atoms with van der Waals surface area (Å²) in [7, 11) is -1.55. The van der Waals surface area contributed by atoms with Crippen LogP contribution in [0.5, 0.6) is 0 Å². The Kier molecular flexibility index (Phi) is 7.40. The van der Waals surface area contributed by atoms with E-state index in [1.807, 2.05) is 0 Å². The first-order valence-corrected chi connectivity index (χ1v) is 10.1. The van der Waals surface area contributed by atoms with E-state index in [2.05, 4.69) is 20.8 Å². The van der Waals surface area contributed by atoms with Crippen LogP contribution in [-0.4, -0.2) is 14.4 Å². The summed E-state index contributed by atoms with van der Waals surface area (Å²) < 4.78 is 5.95. The van der Waals surface area contributed by atoms with Gasteiger partial charge in [-0.1, -0.05) is 52.9 Å². The lowest BCUT2D eigenvalue weighted by molar-refractivity contribution is -0.260. The predicted octanol–water partition coefficient (Wildman–Crippen LogP) is 5.05. The van der Waals surface area contributed by atoms with Crippen LogP contribution in [0.1, 0.15) is 65.7 Å². The van der Waals surface area contributed by atoms with E-state index in [-0.39, 0.29) is 0 Å². The molecule has 0 aromatic carbocycles. The molecule has 17 heavy (non-hydrogen) atoms. The maximum Gasteiger partial charge on any atom is 0.238 e. The zero-order chi connectivity index (χ0) is 12.6. The molecule has 1 fully saturated rings. The molecule has 0 amide bonds. The van der Waals surface area contributed by atoms with E-state index in [9.17, 15) is 0 Å². The van der Waals surface area contributed by atoms with Gasteiger partial charge in [0.2, 0.25) is 8.32 Å². The Balaban J connectivity index is 2.35. The van der Waals surface area contributed by atoms with Gasteiger partial charge in [0.05, 0.1) is 6.10 Å². The molecule has 1 rings (SSSR count). The molecular formula is C14H30O2Si. The van der Waals surface area contributed by atoms with Gasteiger partial charge >= 0.3 is 0 Å². The van der Waals surface area contributed by atoms with E-state index in [1.54, 1.807) is 0 Å².